The van der Waals surface area contributed by atoms with E-state index < -0.39 is 0 Å². The molecular weight excluding hydrogens is 336 g/mol. The van der Waals surface area contributed by atoms with Crippen LogP contribution in [-0.4, -0.2) is 36.3 Å². The SMILES string of the molecule is Cc1cccc(CNc2nc(-c3ccccc3)cc(N3CCOCC3)n2)c1. The minimum atomic E-state index is 0.652. The maximum absolute atomic E-state index is 5.48. The largest absolute Gasteiger partial charge is 0.378 e. The average molecular weight is 360 g/mol. The van der Waals surface area contributed by atoms with E-state index in [0.717, 1.165) is 43.4 Å². The normalized spacial score (nSPS) is 14.2. The molecule has 27 heavy (non-hydrogen) atoms. The zero-order valence-corrected chi connectivity index (χ0v) is 15.6. The summed E-state index contributed by atoms with van der Waals surface area (Å²) >= 11 is 0. The number of hydrogen-bond acceptors (Lipinski definition) is 5. The van der Waals surface area contributed by atoms with E-state index in [0.29, 0.717) is 12.5 Å². The molecule has 1 saturated heterocycles. The lowest BCUT2D eigenvalue weighted by atomic mass is 10.1. The van der Waals surface area contributed by atoms with Crippen molar-refractivity contribution in [2.75, 3.05) is 36.5 Å². The molecule has 2 aromatic carbocycles. The second kappa shape index (κ2) is 8.18. The molecule has 138 valence electrons. The number of anilines is 2. The Labute approximate surface area is 160 Å². The van der Waals surface area contributed by atoms with Gasteiger partial charge in [-0.25, -0.2) is 4.98 Å². The van der Waals surface area contributed by atoms with Crippen molar-refractivity contribution >= 4 is 11.8 Å². The van der Waals surface area contributed by atoms with Gasteiger partial charge in [-0.3, -0.25) is 0 Å². The summed E-state index contributed by atoms with van der Waals surface area (Å²) in [6.45, 7) is 5.97. The quantitative estimate of drug-likeness (QED) is 0.748. The maximum Gasteiger partial charge on any atom is 0.225 e. The van der Waals surface area contributed by atoms with Gasteiger partial charge in [-0.15, -0.1) is 0 Å². The molecule has 0 aliphatic carbocycles. The molecule has 1 aromatic heterocycles. The summed E-state index contributed by atoms with van der Waals surface area (Å²) in [4.78, 5) is 11.8. The molecule has 5 heteroatoms. The molecule has 0 atom stereocenters. The molecule has 1 aliphatic heterocycles. The van der Waals surface area contributed by atoms with Crippen molar-refractivity contribution in [3.63, 3.8) is 0 Å². The number of ether oxygens (including phenoxy) is 1. The Hall–Kier alpha value is -2.92. The lowest BCUT2D eigenvalue weighted by Gasteiger charge is -2.28. The molecule has 2 heterocycles. The second-order valence-corrected chi connectivity index (χ2v) is 6.74. The molecule has 0 amide bonds. The van der Waals surface area contributed by atoms with Crippen molar-refractivity contribution in [3.8, 4) is 11.3 Å². The van der Waals surface area contributed by atoms with Gasteiger partial charge in [0.15, 0.2) is 0 Å². The fraction of sp³-hybridized carbons (Fsp3) is 0.273. The predicted molar refractivity (Wildman–Crippen MR) is 109 cm³/mol. The van der Waals surface area contributed by atoms with Crippen LogP contribution in [0.3, 0.4) is 0 Å². The van der Waals surface area contributed by atoms with Gasteiger partial charge in [0, 0.05) is 31.3 Å². The van der Waals surface area contributed by atoms with Gasteiger partial charge < -0.3 is 15.0 Å². The summed E-state index contributed by atoms with van der Waals surface area (Å²) in [5.74, 6) is 1.60. The number of morpholine rings is 1. The first-order valence-electron chi connectivity index (χ1n) is 9.34. The highest BCUT2D eigenvalue weighted by atomic mass is 16.5. The van der Waals surface area contributed by atoms with Crippen LogP contribution >= 0.6 is 0 Å². The predicted octanol–water partition coefficient (Wildman–Crippen LogP) is 3.90. The first-order valence-corrected chi connectivity index (χ1v) is 9.34. The van der Waals surface area contributed by atoms with E-state index in [4.69, 9.17) is 14.7 Å². The molecule has 0 unspecified atom stereocenters. The van der Waals surface area contributed by atoms with Gasteiger partial charge in [0.05, 0.1) is 18.9 Å². The average Bonchev–Trinajstić information content (AvgIpc) is 2.73. The Morgan fingerprint density at radius 3 is 2.56 bits per heavy atom. The Morgan fingerprint density at radius 1 is 0.963 bits per heavy atom. The van der Waals surface area contributed by atoms with Gasteiger partial charge in [0.1, 0.15) is 5.82 Å². The van der Waals surface area contributed by atoms with Crippen molar-refractivity contribution in [1.29, 1.82) is 0 Å². The van der Waals surface area contributed by atoms with E-state index in [-0.39, 0.29) is 0 Å². The molecule has 0 bridgehead atoms. The number of aromatic nitrogens is 2. The monoisotopic (exact) mass is 360 g/mol. The van der Waals surface area contributed by atoms with Crippen LogP contribution in [0.15, 0.2) is 60.7 Å². The van der Waals surface area contributed by atoms with Crippen LogP contribution in [0, 0.1) is 6.92 Å². The van der Waals surface area contributed by atoms with Crippen LogP contribution in [0.2, 0.25) is 0 Å². The van der Waals surface area contributed by atoms with Crippen LogP contribution in [0.25, 0.3) is 11.3 Å². The van der Waals surface area contributed by atoms with Crippen molar-refractivity contribution < 1.29 is 4.74 Å². The molecular formula is C22H24N4O. The van der Waals surface area contributed by atoms with E-state index in [1.54, 1.807) is 0 Å². The van der Waals surface area contributed by atoms with E-state index >= 15 is 0 Å². The molecule has 1 aliphatic rings. The van der Waals surface area contributed by atoms with E-state index in [9.17, 15) is 0 Å². The molecule has 0 saturated carbocycles. The molecule has 1 N–H and O–H groups in total. The van der Waals surface area contributed by atoms with Gasteiger partial charge in [0.25, 0.3) is 0 Å². The molecule has 0 radical (unpaired) electrons. The lowest BCUT2D eigenvalue weighted by Crippen LogP contribution is -2.36. The van der Waals surface area contributed by atoms with Crippen LogP contribution in [0.1, 0.15) is 11.1 Å². The third-order valence-electron chi connectivity index (χ3n) is 4.65. The highest BCUT2D eigenvalue weighted by Crippen LogP contribution is 2.24. The fourth-order valence-electron chi connectivity index (χ4n) is 3.23. The van der Waals surface area contributed by atoms with Gasteiger partial charge in [-0.1, -0.05) is 60.2 Å². The molecule has 1 fully saturated rings. The fourth-order valence-corrected chi connectivity index (χ4v) is 3.23. The van der Waals surface area contributed by atoms with Crippen LogP contribution < -0.4 is 10.2 Å². The Morgan fingerprint density at radius 2 is 1.78 bits per heavy atom. The number of nitrogens with one attached hydrogen (secondary N) is 1. The van der Waals surface area contributed by atoms with Crippen LogP contribution in [0.5, 0.6) is 0 Å². The molecule has 0 spiro atoms. The summed E-state index contributed by atoms with van der Waals surface area (Å²) in [6, 6.07) is 20.8. The first-order chi connectivity index (χ1) is 13.3. The number of benzene rings is 2. The molecule has 3 aromatic rings. The number of aryl methyl sites for hydroxylation is 1. The zero-order valence-electron chi connectivity index (χ0n) is 15.6. The summed E-state index contributed by atoms with van der Waals surface area (Å²) in [7, 11) is 0. The van der Waals surface area contributed by atoms with Gasteiger partial charge in [0.2, 0.25) is 5.95 Å². The zero-order chi connectivity index (χ0) is 18.5. The standard InChI is InChI=1S/C22H24N4O/c1-17-6-5-7-18(14-17)16-23-22-24-20(19-8-3-2-4-9-19)15-21(25-22)26-10-12-27-13-11-26/h2-9,14-15H,10-13,16H2,1H3,(H,23,24,25). The number of rotatable bonds is 5. The highest BCUT2D eigenvalue weighted by molar-refractivity contribution is 5.64. The smallest absolute Gasteiger partial charge is 0.225 e. The number of nitrogens with zero attached hydrogens (tertiary/aromatic N) is 3. The maximum atomic E-state index is 5.48. The van der Waals surface area contributed by atoms with Crippen molar-refractivity contribution in [2.24, 2.45) is 0 Å². The van der Waals surface area contributed by atoms with Crippen LogP contribution in [0.4, 0.5) is 11.8 Å². The van der Waals surface area contributed by atoms with Gasteiger partial charge in [-0.2, -0.15) is 4.98 Å². The van der Waals surface area contributed by atoms with Gasteiger partial charge >= 0.3 is 0 Å². The Balaban J connectivity index is 1.62. The number of hydrogen-bond donors (Lipinski definition) is 1. The summed E-state index contributed by atoms with van der Waals surface area (Å²) in [5.41, 5.74) is 4.49. The van der Waals surface area contributed by atoms with Gasteiger partial charge in [-0.05, 0) is 12.5 Å². The topological polar surface area (TPSA) is 50.3 Å². The first kappa shape index (κ1) is 17.5. The van der Waals surface area contributed by atoms with E-state index in [2.05, 4.69) is 59.6 Å². The Bertz CT molecular complexity index is 892. The summed E-state index contributed by atoms with van der Waals surface area (Å²) < 4.78 is 5.48. The molecule has 5 nitrogen and oxygen atoms in total. The van der Waals surface area contributed by atoms with E-state index in [1.807, 2.05) is 18.2 Å². The molecule has 4 rings (SSSR count). The third-order valence-corrected chi connectivity index (χ3v) is 4.65. The van der Waals surface area contributed by atoms with Crippen molar-refractivity contribution in [1.82, 2.24) is 9.97 Å². The third kappa shape index (κ3) is 4.44. The lowest BCUT2D eigenvalue weighted by molar-refractivity contribution is 0.122. The second-order valence-electron chi connectivity index (χ2n) is 6.74. The minimum Gasteiger partial charge on any atom is -0.378 e. The minimum absolute atomic E-state index is 0.652. The Kier molecular flexibility index (Phi) is 5.30. The van der Waals surface area contributed by atoms with Crippen molar-refractivity contribution in [3.05, 3.63) is 71.8 Å². The van der Waals surface area contributed by atoms with Crippen LogP contribution in [-0.2, 0) is 11.3 Å². The summed E-state index contributed by atoms with van der Waals surface area (Å²) in [5, 5.41) is 3.40. The summed E-state index contributed by atoms with van der Waals surface area (Å²) in [6.07, 6.45) is 0. The van der Waals surface area contributed by atoms with E-state index in [1.165, 1.54) is 11.1 Å². The van der Waals surface area contributed by atoms with Crippen molar-refractivity contribution in [2.45, 2.75) is 13.5 Å². The highest BCUT2D eigenvalue weighted by Gasteiger charge is 2.15.